The van der Waals surface area contributed by atoms with Crippen molar-refractivity contribution in [3.8, 4) is 0 Å². The summed E-state index contributed by atoms with van der Waals surface area (Å²) in [6, 6.07) is 7.72. The lowest BCUT2D eigenvalue weighted by Gasteiger charge is -2.24. The first-order valence-electron chi connectivity index (χ1n) is 8.40. The van der Waals surface area contributed by atoms with Gasteiger partial charge in [0.05, 0.1) is 0 Å². The van der Waals surface area contributed by atoms with Crippen LogP contribution in [0.4, 0.5) is 0 Å². The van der Waals surface area contributed by atoms with Crippen LogP contribution in [0, 0.1) is 5.92 Å². The van der Waals surface area contributed by atoms with Gasteiger partial charge in [0.2, 0.25) is 0 Å². The molecular weight excluding hydrogens is 242 g/mol. The summed E-state index contributed by atoms with van der Waals surface area (Å²) in [4.78, 5) is 0. The Bertz CT molecular complexity index is 429. The van der Waals surface area contributed by atoms with Crippen molar-refractivity contribution in [1.29, 1.82) is 0 Å². The molecule has 1 atom stereocenters. The highest BCUT2D eigenvalue weighted by molar-refractivity contribution is 5.37. The molecule has 0 amide bonds. The molecule has 1 aliphatic carbocycles. The van der Waals surface area contributed by atoms with Crippen molar-refractivity contribution in [2.24, 2.45) is 5.92 Å². The molecule has 0 radical (unpaired) electrons. The van der Waals surface area contributed by atoms with Crippen molar-refractivity contribution in [2.75, 3.05) is 6.54 Å². The Balaban J connectivity index is 2.30. The smallest absolute Gasteiger partial charge is 0.0325 e. The zero-order valence-electron chi connectivity index (χ0n) is 13.9. The minimum atomic E-state index is 0.547. The number of hydrogen-bond acceptors (Lipinski definition) is 1. The van der Waals surface area contributed by atoms with E-state index in [9.17, 15) is 0 Å². The van der Waals surface area contributed by atoms with E-state index in [1.165, 1.54) is 30.4 Å². The van der Waals surface area contributed by atoms with Gasteiger partial charge < -0.3 is 5.32 Å². The molecule has 0 aliphatic heterocycles. The molecule has 0 saturated heterocycles. The summed E-state index contributed by atoms with van der Waals surface area (Å²) in [6.45, 7) is 12.5. The molecule has 1 saturated carbocycles. The van der Waals surface area contributed by atoms with E-state index in [-0.39, 0.29) is 0 Å². The zero-order valence-corrected chi connectivity index (χ0v) is 13.9. The van der Waals surface area contributed by atoms with E-state index >= 15 is 0 Å². The van der Waals surface area contributed by atoms with Crippen LogP contribution in [0.1, 0.15) is 88.4 Å². The second-order valence-electron chi connectivity index (χ2n) is 6.99. The van der Waals surface area contributed by atoms with Crippen molar-refractivity contribution in [1.82, 2.24) is 5.32 Å². The van der Waals surface area contributed by atoms with Crippen molar-refractivity contribution < 1.29 is 0 Å². The second kappa shape index (κ2) is 6.76. The molecule has 0 spiro atoms. The van der Waals surface area contributed by atoms with Crippen LogP contribution in [0.3, 0.4) is 0 Å². The Morgan fingerprint density at radius 2 is 1.75 bits per heavy atom. The predicted octanol–water partition coefficient (Wildman–Crippen LogP) is 5.38. The van der Waals surface area contributed by atoms with Crippen LogP contribution in [0.15, 0.2) is 18.2 Å². The molecule has 1 aromatic rings. The lowest BCUT2D eigenvalue weighted by Crippen LogP contribution is -2.23. The lowest BCUT2D eigenvalue weighted by molar-refractivity contribution is 0.481. The Labute approximate surface area is 125 Å². The van der Waals surface area contributed by atoms with E-state index in [2.05, 4.69) is 58.1 Å². The highest BCUT2D eigenvalue weighted by Gasteiger charge is 2.27. The van der Waals surface area contributed by atoms with Gasteiger partial charge in [-0.15, -0.1) is 0 Å². The van der Waals surface area contributed by atoms with Crippen molar-refractivity contribution >= 4 is 0 Å². The molecule has 0 bridgehead atoms. The fourth-order valence-electron chi connectivity index (χ4n) is 3.02. The average molecular weight is 273 g/mol. The molecule has 1 aliphatic rings. The maximum atomic E-state index is 3.71. The topological polar surface area (TPSA) is 12.0 Å². The fourth-order valence-corrected chi connectivity index (χ4v) is 3.02. The van der Waals surface area contributed by atoms with E-state index in [0.29, 0.717) is 17.9 Å². The van der Waals surface area contributed by atoms with Gasteiger partial charge in [-0.05, 0) is 47.4 Å². The molecular formula is C19H31N. The van der Waals surface area contributed by atoms with Crippen molar-refractivity contribution in [3.63, 3.8) is 0 Å². The minimum absolute atomic E-state index is 0.547. The standard InChI is InChI=1S/C19H31N/c1-6-20-19(11-15-7-8-15)17-10-9-16(13(2)3)12-18(17)14(4)5/h9-10,12-15,19-20H,6-8,11H2,1-5H3. The van der Waals surface area contributed by atoms with Crippen molar-refractivity contribution in [3.05, 3.63) is 34.9 Å². The van der Waals surface area contributed by atoms with Crippen LogP contribution in [-0.4, -0.2) is 6.54 Å². The van der Waals surface area contributed by atoms with Gasteiger partial charge in [-0.25, -0.2) is 0 Å². The SMILES string of the molecule is CCNC(CC1CC1)c1ccc(C(C)C)cc1C(C)C. The van der Waals surface area contributed by atoms with Gasteiger partial charge in [-0.3, -0.25) is 0 Å². The van der Waals surface area contributed by atoms with Gasteiger partial charge in [0.15, 0.2) is 0 Å². The normalized spacial score (nSPS) is 16.9. The lowest BCUT2D eigenvalue weighted by atomic mass is 9.87. The average Bonchev–Trinajstić information content (AvgIpc) is 3.21. The molecule has 1 nitrogen and oxygen atoms in total. The Kier molecular flexibility index (Phi) is 5.26. The van der Waals surface area contributed by atoms with Crippen LogP contribution in [0.2, 0.25) is 0 Å². The Morgan fingerprint density at radius 1 is 1.05 bits per heavy atom. The molecule has 1 fully saturated rings. The van der Waals surface area contributed by atoms with Gasteiger partial charge in [0.1, 0.15) is 0 Å². The quantitative estimate of drug-likeness (QED) is 0.703. The third-order valence-electron chi connectivity index (χ3n) is 4.49. The fraction of sp³-hybridized carbons (Fsp3) is 0.684. The summed E-state index contributed by atoms with van der Waals surface area (Å²) < 4.78 is 0. The molecule has 20 heavy (non-hydrogen) atoms. The maximum absolute atomic E-state index is 3.71. The largest absolute Gasteiger partial charge is 0.310 e. The van der Waals surface area contributed by atoms with Gasteiger partial charge >= 0.3 is 0 Å². The first-order valence-corrected chi connectivity index (χ1v) is 8.40. The van der Waals surface area contributed by atoms with E-state index in [1.54, 1.807) is 5.56 Å². The maximum Gasteiger partial charge on any atom is 0.0325 e. The number of benzene rings is 1. The molecule has 0 aromatic heterocycles. The molecule has 1 aromatic carbocycles. The molecule has 2 rings (SSSR count). The monoisotopic (exact) mass is 273 g/mol. The zero-order chi connectivity index (χ0) is 14.7. The second-order valence-corrected chi connectivity index (χ2v) is 6.99. The van der Waals surface area contributed by atoms with E-state index in [4.69, 9.17) is 0 Å². The van der Waals surface area contributed by atoms with Gasteiger partial charge in [-0.2, -0.15) is 0 Å². The molecule has 1 unspecified atom stereocenters. The molecule has 0 heterocycles. The van der Waals surface area contributed by atoms with Crippen molar-refractivity contribution in [2.45, 2.75) is 71.8 Å². The highest BCUT2D eigenvalue weighted by Crippen LogP contribution is 2.39. The Morgan fingerprint density at radius 3 is 2.25 bits per heavy atom. The van der Waals surface area contributed by atoms with Gasteiger partial charge in [-0.1, -0.05) is 65.7 Å². The van der Waals surface area contributed by atoms with E-state index in [0.717, 1.165) is 12.5 Å². The summed E-state index contributed by atoms with van der Waals surface area (Å²) in [7, 11) is 0. The van der Waals surface area contributed by atoms with Crippen LogP contribution in [0.25, 0.3) is 0 Å². The third-order valence-corrected chi connectivity index (χ3v) is 4.49. The van der Waals surface area contributed by atoms with Gasteiger partial charge in [0.25, 0.3) is 0 Å². The van der Waals surface area contributed by atoms with Crippen LogP contribution in [0.5, 0.6) is 0 Å². The van der Waals surface area contributed by atoms with Crippen LogP contribution >= 0.6 is 0 Å². The Hall–Kier alpha value is -0.820. The van der Waals surface area contributed by atoms with E-state index in [1.807, 2.05) is 0 Å². The van der Waals surface area contributed by atoms with Crippen LogP contribution < -0.4 is 5.32 Å². The molecule has 1 N–H and O–H groups in total. The summed E-state index contributed by atoms with van der Waals surface area (Å²) >= 11 is 0. The summed E-state index contributed by atoms with van der Waals surface area (Å²) in [5, 5.41) is 3.71. The number of hydrogen-bond donors (Lipinski definition) is 1. The van der Waals surface area contributed by atoms with Crippen LogP contribution in [-0.2, 0) is 0 Å². The minimum Gasteiger partial charge on any atom is -0.310 e. The molecule has 1 heteroatoms. The first-order chi connectivity index (χ1) is 9.52. The van der Waals surface area contributed by atoms with Gasteiger partial charge in [0, 0.05) is 6.04 Å². The third kappa shape index (κ3) is 3.85. The number of rotatable bonds is 7. The number of nitrogens with one attached hydrogen (secondary N) is 1. The first kappa shape index (κ1) is 15.6. The van der Waals surface area contributed by atoms with E-state index < -0.39 is 0 Å². The summed E-state index contributed by atoms with van der Waals surface area (Å²) in [5.74, 6) is 2.18. The molecule has 112 valence electrons. The highest BCUT2D eigenvalue weighted by atomic mass is 14.9. The predicted molar refractivity (Wildman–Crippen MR) is 88.4 cm³/mol. The summed E-state index contributed by atoms with van der Waals surface area (Å²) in [6.07, 6.45) is 4.18. The summed E-state index contributed by atoms with van der Waals surface area (Å²) in [5.41, 5.74) is 4.56.